The van der Waals surface area contributed by atoms with Gasteiger partial charge in [0, 0.05) is 27.8 Å². The molecule has 7 heteroatoms. The predicted octanol–water partition coefficient (Wildman–Crippen LogP) is 6.11. The summed E-state index contributed by atoms with van der Waals surface area (Å²) in [7, 11) is 1.92. The first-order chi connectivity index (χ1) is 17.3. The van der Waals surface area contributed by atoms with Crippen LogP contribution in [0.2, 0.25) is 0 Å². The number of aliphatic carboxylic acids is 1. The lowest BCUT2D eigenvalue weighted by Crippen LogP contribution is -2.31. The number of anilines is 1. The fraction of sp³-hybridized carbons (Fsp3) is 0.103. The Morgan fingerprint density at radius 1 is 0.889 bits per heavy atom. The third kappa shape index (κ3) is 4.42. The van der Waals surface area contributed by atoms with Crippen molar-refractivity contribution >= 4 is 45.9 Å². The Labute approximate surface area is 222 Å². The second-order valence-electron chi connectivity index (χ2n) is 8.74. The maximum absolute atomic E-state index is 12.9. The van der Waals surface area contributed by atoms with Gasteiger partial charge in [0.15, 0.2) is 0 Å². The number of carboxylic acid groups (broad SMARTS) is 1. The smallest absolute Gasteiger partial charge is 0.339 e. The number of halogens is 1. The topological polar surface area (TPSA) is 89.9 Å². The highest BCUT2D eigenvalue weighted by Gasteiger charge is 2.40. The van der Waals surface area contributed by atoms with E-state index in [0.717, 1.165) is 31.7 Å². The monoisotopic (exact) mass is 590 g/mol. The zero-order chi connectivity index (χ0) is 25.4. The molecule has 3 aromatic rings. The second-order valence-corrected chi connectivity index (χ2v) is 9.90. The van der Waals surface area contributed by atoms with Crippen LogP contribution in [0.3, 0.4) is 0 Å². The minimum atomic E-state index is -1.15. The first-order valence-corrected chi connectivity index (χ1v) is 12.5. The Hall–Kier alpha value is -3.85. The molecule has 0 saturated heterocycles. The molecule has 0 saturated carbocycles. The van der Waals surface area contributed by atoms with Crippen molar-refractivity contribution in [3.05, 3.63) is 117 Å². The van der Waals surface area contributed by atoms with Crippen molar-refractivity contribution in [2.24, 2.45) is 5.92 Å². The summed E-state index contributed by atoms with van der Waals surface area (Å²) >= 11 is 2.24. The predicted molar refractivity (Wildman–Crippen MR) is 149 cm³/mol. The molecular weight excluding hydrogens is 567 g/mol. The number of fused-ring (bicyclic) bond motifs is 1. The number of nitrogens with one attached hydrogen (secondary N) is 1. The van der Waals surface area contributed by atoms with Crippen LogP contribution in [-0.2, 0) is 4.79 Å². The van der Waals surface area contributed by atoms with E-state index in [1.165, 1.54) is 0 Å². The summed E-state index contributed by atoms with van der Waals surface area (Å²) in [5.41, 5.74) is 5.13. The lowest BCUT2D eigenvalue weighted by Gasteiger charge is -2.28. The molecule has 1 heterocycles. The SMILES string of the molecule is CN1C(c2ccc(C(=O)Nc3cccc(-c4ccccc4)c3)cc2)=C(I)C2C=C(C(=O)O)C(O)=CC21. The molecule has 5 rings (SSSR count). The minimum absolute atomic E-state index is 0.0802. The molecule has 0 radical (unpaired) electrons. The number of carbonyl (C=O) groups excluding carboxylic acids is 1. The third-order valence-electron chi connectivity index (χ3n) is 6.52. The number of nitrogens with zero attached hydrogens (tertiary/aromatic N) is 1. The number of likely N-dealkylation sites (N-methyl/N-ethyl adjacent to an activating group) is 1. The van der Waals surface area contributed by atoms with Crippen LogP contribution >= 0.6 is 22.6 Å². The average molecular weight is 590 g/mol. The van der Waals surface area contributed by atoms with E-state index < -0.39 is 5.97 Å². The molecule has 6 nitrogen and oxygen atoms in total. The van der Waals surface area contributed by atoms with Crippen molar-refractivity contribution in [1.82, 2.24) is 4.90 Å². The zero-order valence-electron chi connectivity index (χ0n) is 19.4. The normalized spacial score (nSPS) is 18.9. The maximum atomic E-state index is 12.9. The Balaban J connectivity index is 1.36. The molecule has 1 amide bonds. The lowest BCUT2D eigenvalue weighted by molar-refractivity contribution is -0.132. The van der Waals surface area contributed by atoms with Crippen LogP contribution in [0.5, 0.6) is 0 Å². The van der Waals surface area contributed by atoms with E-state index in [1.807, 2.05) is 78.7 Å². The van der Waals surface area contributed by atoms with Crippen molar-refractivity contribution in [3.63, 3.8) is 0 Å². The van der Waals surface area contributed by atoms with Gasteiger partial charge in [0.05, 0.1) is 17.3 Å². The van der Waals surface area contributed by atoms with Crippen molar-refractivity contribution in [3.8, 4) is 11.1 Å². The number of aliphatic hydroxyl groups is 1. The molecule has 36 heavy (non-hydrogen) atoms. The summed E-state index contributed by atoms with van der Waals surface area (Å²) in [6.07, 6.45) is 3.20. The standard InChI is InChI=1S/C29H23IN2O4/c1-32-24-16-25(33)23(29(35)36)15-22(24)26(30)27(32)18-10-12-19(13-11-18)28(34)31-21-9-5-8-20(14-21)17-6-3-2-4-7-17/h2-16,22,24,33H,1H3,(H,31,34)(H,35,36). The van der Waals surface area contributed by atoms with E-state index in [1.54, 1.807) is 24.3 Å². The van der Waals surface area contributed by atoms with Gasteiger partial charge in [-0.25, -0.2) is 4.79 Å². The van der Waals surface area contributed by atoms with Gasteiger partial charge in [-0.1, -0.05) is 60.7 Å². The summed E-state index contributed by atoms with van der Waals surface area (Å²) in [6, 6.07) is 24.9. The van der Waals surface area contributed by atoms with Gasteiger partial charge in [-0.3, -0.25) is 4.79 Å². The number of hydrogen-bond acceptors (Lipinski definition) is 4. The molecule has 1 aliphatic heterocycles. The first-order valence-electron chi connectivity index (χ1n) is 11.4. The van der Waals surface area contributed by atoms with Crippen molar-refractivity contribution in [2.75, 3.05) is 12.4 Å². The van der Waals surface area contributed by atoms with Gasteiger partial charge >= 0.3 is 5.97 Å². The highest BCUT2D eigenvalue weighted by molar-refractivity contribution is 14.1. The molecule has 0 fully saturated rings. The Kier molecular flexibility index (Phi) is 6.40. The van der Waals surface area contributed by atoms with Gasteiger partial charge in [-0.15, -0.1) is 0 Å². The number of hydrogen-bond donors (Lipinski definition) is 3. The van der Waals surface area contributed by atoms with Crippen LogP contribution in [0.25, 0.3) is 16.8 Å². The number of aliphatic hydroxyl groups excluding tert-OH is 1. The van der Waals surface area contributed by atoms with E-state index in [0.29, 0.717) is 5.56 Å². The van der Waals surface area contributed by atoms with E-state index in [2.05, 4.69) is 27.9 Å². The molecule has 3 N–H and O–H groups in total. The van der Waals surface area contributed by atoms with Gasteiger partial charge in [0.25, 0.3) is 5.91 Å². The number of carboxylic acids is 1. The fourth-order valence-electron chi connectivity index (χ4n) is 4.68. The summed E-state index contributed by atoms with van der Waals surface area (Å²) in [4.78, 5) is 26.4. The molecule has 0 aromatic heterocycles. The minimum Gasteiger partial charge on any atom is -0.507 e. The van der Waals surface area contributed by atoms with Crippen LogP contribution in [0, 0.1) is 5.92 Å². The summed E-state index contributed by atoms with van der Waals surface area (Å²) in [6.45, 7) is 0. The average Bonchev–Trinajstić information content (AvgIpc) is 3.13. The van der Waals surface area contributed by atoms with Crippen LogP contribution in [0.4, 0.5) is 5.69 Å². The molecule has 0 bridgehead atoms. The Bertz CT molecular complexity index is 1440. The van der Waals surface area contributed by atoms with Gasteiger partial charge < -0.3 is 20.4 Å². The summed E-state index contributed by atoms with van der Waals surface area (Å²) in [5.74, 6) is -1.73. The second kappa shape index (κ2) is 9.66. The van der Waals surface area contributed by atoms with E-state index >= 15 is 0 Å². The van der Waals surface area contributed by atoms with E-state index in [4.69, 9.17) is 0 Å². The lowest BCUT2D eigenvalue weighted by atomic mass is 9.91. The van der Waals surface area contributed by atoms with Crippen LogP contribution in [0.1, 0.15) is 15.9 Å². The largest absolute Gasteiger partial charge is 0.507 e. The van der Waals surface area contributed by atoms with Crippen molar-refractivity contribution in [1.29, 1.82) is 0 Å². The van der Waals surface area contributed by atoms with Gasteiger partial charge in [0.1, 0.15) is 5.76 Å². The quantitative estimate of drug-likeness (QED) is 0.313. The molecule has 180 valence electrons. The van der Waals surface area contributed by atoms with E-state index in [9.17, 15) is 19.8 Å². The van der Waals surface area contributed by atoms with Crippen LogP contribution < -0.4 is 5.32 Å². The van der Waals surface area contributed by atoms with E-state index in [-0.39, 0.29) is 29.2 Å². The number of amides is 1. The molecular formula is C29H23IN2O4. The zero-order valence-corrected chi connectivity index (χ0v) is 21.5. The number of benzene rings is 3. The Morgan fingerprint density at radius 2 is 1.58 bits per heavy atom. The van der Waals surface area contributed by atoms with Gasteiger partial charge in [-0.2, -0.15) is 0 Å². The van der Waals surface area contributed by atoms with Crippen molar-refractivity contribution in [2.45, 2.75) is 6.04 Å². The first kappa shape index (κ1) is 23.9. The van der Waals surface area contributed by atoms with Gasteiger partial charge in [0.2, 0.25) is 0 Å². The number of rotatable bonds is 5. The number of carbonyl (C=O) groups is 2. The Morgan fingerprint density at radius 3 is 2.28 bits per heavy atom. The highest BCUT2D eigenvalue weighted by Crippen LogP contribution is 2.46. The molecule has 2 unspecified atom stereocenters. The highest BCUT2D eigenvalue weighted by atomic mass is 127. The molecule has 0 spiro atoms. The maximum Gasteiger partial charge on any atom is 0.339 e. The molecule has 2 atom stereocenters. The van der Waals surface area contributed by atoms with Crippen LogP contribution in [0.15, 0.2) is 106 Å². The fourth-order valence-corrected chi connectivity index (χ4v) is 5.92. The third-order valence-corrected chi connectivity index (χ3v) is 7.75. The summed E-state index contributed by atoms with van der Waals surface area (Å²) < 4.78 is 0.984. The van der Waals surface area contributed by atoms with Crippen LogP contribution in [-0.4, -0.2) is 40.1 Å². The van der Waals surface area contributed by atoms with Gasteiger partial charge in [-0.05, 0) is 69.6 Å². The van der Waals surface area contributed by atoms with Crippen molar-refractivity contribution < 1.29 is 19.8 Å². The molecule has 3 aromatic carbocycles. The molecule has 1 aliphatic carbocycles. The summed E-state index contributed by atoms with van der Waals surface area (Å²) in [5, 5.41) is 22.5. The molecule has 2 aliphatic rings.